The van der Waals surface area contributed by atoms with E-state index in [1.54, 1.807) is 13.8 Å². The fraction of sp³-hybridized carbons (Fsp3) is 0.538. The molecule has 0 aliphatic heterocycles. The molecule has 1 aromatic rings. The van der Waals surface area contributed by atoms with Gasteiger partial charge in [0.1, 0.15) is 5.69 Å². The zero-order valence-electron chi connectivity index (χ0n) is 11.4. The van der Waals surface area contributed by atoms with Crippen molar-refractivity contribution >= 4 is 5.97 Å². The molecular weight excluding hydrogens is 259 g/mol. The second kappa shape index (κ2) is 6.54. The molecule has 1 N–H and O–H groups in total. The Morgan fingerprint density at radius 3 is 2.05 bits per heavy atom. The molecule has 0 aliphatic rings. The summed E-state index contributed by atoms with van der Waals surface area (Å²) in [7, 11) is 0. The van der Waals surface area contributed by atoms with Gasteiger partial charge in [0.05, 0.1) is 5.41 Å². The lowest BCUT2D eigenvalue weighted by Crippen LogP contribution is -2.21. The zero-order chi connectivity index (χ0) is 15.3. The third kappa shape index (κ3) is 6.22. The van der Waals surface area contributed by atoms with Gasteiger partial charge in [0.15, 0.2) is 0 Å². The van der Waals surface area contributed by atoms with Crippen LogP contribution in [-0.4, -0.2) is 16.1 Å². The number of alkyl halides is 3. The van der Waals surface area contributed by atoms with E-state index in [-0.39, 0.29) is 0 Å². The number of halogens is 3. The Labute approximate surface area is 110 Å². The van der Waals surface area contributed by atoms with E-state index in [0.29, 0.717) is 12.1 Å². The third-order valence-corrected chi connectivity index (χ3v) is 2.64. The molecule has 1 rings (SSSR count). The van der Waals surface area contributed by atoms with Crippen LogP contribution < -0.4 is 0 Å². The topological polar surface area (TPSA) is 50.2 Å². The number of carboxylic acids is 1. The van der Waals surface area contributed by atoms with Crippen LogP contribution in [0.4, 0.5) is 13.2 Å². The molecule has 1 heterocycles. The first-order chi connectivity index (χ1) is 8.50. The van der Waals surface area contributed by atoms with Gasteiger partial charge in [-0.2, -0.15) is 13.2 Å². The molecule has 3 nitrogen and oxygen atoms in total. The number of carbonyl (C=O) groups is 1. The van der Waals surface area contributed by atoms with Gasteiger partial charge in [0.25, 0.3) is 0 Å². The van der Waals surface area contributed by atoms with Crippen LogP contribution in [-0.2, 0) is 11.0 Å². The highest BCUT2D eigenvalue weighted by Gasteiger charge is 2.32. The molecule has 0 unspecified atom stereocenters. The molecular formula is C13H18F3NO2. The first-order valence-electron chi connectivity index (χ1n) is 5.75. The van der Waals surface area contributed by atoms with Crippen molar-refractivity contribution in [1.29, 1.82) is 0 Å². The average molecular weight is 277 g/mol. The van der Waals surface area contributed by atoms with Crippen LogP contribution in [0.3, 0.4) is 0 Å². The lowest BCUT2D eigenvalue weighted by atomic mass is 9.91. The number of hydrogen-bond acceptors (Lipinski definition) is 2. The minimum atomic E-state index is -4.33. The maximum absolute atomic E-state index is 11.9. The van der Waals surface area contributed by atoms with Crippen LogP contribution in [0, 0.1) is 12.3 Å². The fourth-order valence-electron chi connectivity index (χ4n) is 0.852. The van der Waals surface area contributed by atoms with Crippen molar-refractivity contribution in [3.05, 3.63) is 29.6 Å². The Hall–Kier alpha value is -1.59. The van der Waals surface area contributed by atoms with Crippen molar-refractivity contribution in [3.63, 3.8) is 0 Å². The summed E-state index contributed by atoms with van der Waals surface area (Å²) in [6, 6.07) is 3.81. The number of hydrogen-bond donors (Lipinski definition) is 1. The summed E-state index contributed by atoms with van der Waals surface area (Å²) in [5, 5.41) is 8.44. The van der Waals surface area contributed by atoms with Gasteiger partial charge in [-0.15, -0.1) is 0 Å². The predicted octanol–water partition coefficient (Wildman–Crippen LogP) is 3.92. The van der Waals surface area contributed by atoms with E-state index < -0.39 is 23.3 Å². The molecule has 0 amide bonds. The summed E-state index contributed by atoms with van der Waals surface area (Å²) < 4.78 is 35.7. The summed E-state index contributed by atoms with van der Waals surface area (Å²) >= 11 is 0. The highest BCUT2D eigenvalue weighted by Crippen LogP contribution is 2.27. The molecule has 0 radical (unpaired) electrons. The lowest BCUT2D eigenvalue weighted by Gasteiger charge is -2.14. The van der Waals surface area contributed by atoms with E-state index in [1.807, 2.05) is 6.92 Å². The van der Waals surface area contributed by atoms with Crippen molar-refractivity contribution in [3.8, 4) is 0 Å². The van der Waals surface area contributed by atoms with E-state index in [0.717, 1.165) is 6.07 Å². The minimum Gasteiger partial charge on any atom is -0.481 e. The molecule has 0 saturated carbocycles. The van der Waals surface area contributed by atoms with Gasteiger partial charge in [-0.3, -0.25) is 4.79 Å². The Balaban J connectivity index is 0.000000362. The largest absolute Gasteiger partial charge is 0.481 e. The molecule has 0 aliphatic carbocycles. The molecule has 0 fully saturated rings. The Kier molecular flexibility index (Phi) is 5.99. The molecule has 0 spiro atoms. The summed E-state index contributed by atoms with van der Waals surface area (Å²) in [6.45, 7) is 6.83. The summed E-state index contributed by atoms with van der Waals surface area (Å²) in [5.74, 6) is -0.722. The first kappa shape index (κ1) is 17.4. The van der Waals surface area contributed by atoms with E-state index >= 15 is 0 Å². The quantitative estimate of drug-likeness (QED) is 0.891. The second-order valence-corrected chi connectivity index (χ2v) is 4.70. The fourth-order valence-corrected chi connectivity index (χ4v) is 0.852. The molecule has 1 aromatic heterocycles. The molecule has 0 atom stereocenters. The second-order valence-electron chi connectivity index (χ2n) is 4.70. The maximum Gasteiger partial charge on any atom is 0.433 e. The van der Waals surface area contributed by atoms with Crippen molar-refractivity contribution in [1.82, 2.24) is 4.98 Å². The van der Waals surface area contributed by atoms with Crippen molar-refractivity contribution in [2.24, 2.45) is 5.41 Å². The number of aliphatic carboxylic acids is 1. The van der Waals surface area contributed by atoms with Crippen LogP contribution in [0.1, 0.15) is 38.6 Å². The molecule has 6 heteroatoms. The van der Waals surface area contributed by atoms with Crippen LogP contribution >= 0.6 is 0 Å². The predicted molar refractivity (Wildman–Crippen MR) is 65.7 cm³/mol. The zero-order valence-corrected chi connectivity index (χ0v) is 11.4. The molecule has 19 heavy (non-hydrogen) atoms. The third-order valence-electron chi connectivity index (χ3n) is 2.64. The standard InChI is InChI=1S/C7H6F3N.C6H12O2/c1-5-3-2-4-6(11-5)7(8,9)10;1-4-6(2,3)5(7)8/h2-4H,1H3;4H2,1-3H3,(H,7,8). The molecule has 0 saturated heterocycles. The van der Waals surface area contributed by atoms with Crippen LogP contribution in [0.25, 0.3) is 0 Å². The monoisotopic (exact) mass is 277 g/mol. The highest BCUT2D eigenvalue weighted by molar-refractivity contribution is 5.73. The van der Waals surface area contributed by atoms with Gasteiger partial charge in [0, 0.05) is 5.69 Å². The van der Waals surface area contributed by atoms with Gasteiger partial charge in [0.2, 0.25) is 0 Å². The smallest absolute Gasteiger partial charge is 0.433 e. The minimum absolute atomic E-state index is 0.375. The van der Waals surface area contributed by atoms with Crippen LogP contribution in [0.2, 0.25) is 0 Å². The summed E-state index contributed by atoms with van der Waals surface area (Å²) in [5.41, 5.74) is -1.00. The number of aromatic nitrogens is 1. The first-order valence-corrected chi connectivity index (χ1v) is 5.75. The van der Waals surface area contributed by atoms with E-state index in [9.17, 15) is 18.0 Å². The van der Waals surface area contributed by atoms with Gasteiger partial charge in [-0.25, -0.2) is 4.98 Å². The normalized spacial score (nSPS) is 11.5. The van der Waals surface area contributed by atoms with Crippen LogP contribution in [0.15, 0.2) is 18.2 Å². The molecule has 0 aromatic carbocycles. The molecule has 108 valence electrons. The number of carboxylic acid groups (broad SMARTS) is 1. The maximum atomic E-state index is 11.9. The number of pyridine rings is 1. The SMILES string of the molecule is CCC(C)(C)C(=O)O.Cc1cccc(C(F)(F)F)n1. The number of nitrogens with zero attached hydrogens (tertiary/aromatic N) is 1. The van der Waals surface area contributed by atoms with Crippen molar-refractivity contribution in [2.75, 3.05) is 0 Å². The number of aryl methyl sites for hydroxylation is 1. The Bertz CT molecular complexity index is 428. The Morgan fingerprint density at radius 1 is 1.32 bits per heavy atom. The Morgan fingerprint density at radius 2 is 1.84 bits per heavy atom. The van der Waals surface area contributed by atoms with Gasteiger partial charge in [-0.05, 0) is 39.3 Å². The molecule has 0 bridgehead atoms. The van der Waals surface area contributed by atoms with Crippen LogP contribution in [0.5, 0.6) is 0 Å². The van der Waals surface area contributed by atoms with E-state index in [1.165, 1.54) is 19.1 Å². The van der Waals surface area contributed by atoms with Gasteiger partial charge in [-0.1, -0.05) is 13.0 Å². The van der Waals surface area contributed by atoms with E-state index in [2.05, 4.69) is 4.98 Å². The van der Waals surface area contributed by atoms with E-state index in [4.69, 9.17) is 5.11 Å². The lowest BCUT2D eigenvalue weighted by molar-refractivity contribution is -0.147. The average Bonchev–Trinajstić information content (AvgIpc) is 2.28. The summed E-state index contributed by atoms with van der Waals surface area (Å²) in [4.78, 5) is 13.6. The highest BCUT2D eigenvalue weighted by atomic mass is 19.4. The van der Waals surface area contributed by atoms with Crippen molar-refractivity contribution < 1.29 is 23.1 Å². The van der Waals surface area contributed by atoms with Gasteiger partial charge >= 0.3 is 12.1 Å². The number of rotatable bonds is 2. The van der Waals surface area contributed by atoms with Gasteiger partial charge < -0.3 is 5.11 Å². The summed E-state index contributed by atoms with van der Waals surface area (Å²) in [6.07, 6.45) is -3.64. The van der Waals surface area contributed by atoms with Crippen molar-refractivity contribution in [2.45, 2.75) is 40.3 Å².